The van der Waals surface area contributed by atoms with E-state index >= 15 is 0 Å². The normalized spacial score (nSPS) is 10.4. The van der Waals surface area contributed by atoms with Gasteiger partial charge in [0, 0.05) is 17.8 Å². The lowest BCUT2D eigenvalue weighted by atomic mass is 10.2. The Morgan fingerprint density at radius 3 is 2.39 bits per heavy atom. The van der Waals surface area contributed by atoms with E-state index in [1.54, 1.807) is 0 Å². The third kappa shape index (κ3) is 2.12. The number of hydrogen-bond donors (Lipinski definition) is 3. The van der Waals surface area contributed by atoms with Gasteiger partial charge in [0.25, 0.3) is 5.91 Å². The van der Waals surface area contributed by atoms with Crippen molar-refractivity contribution < 1.29 is 18.0 Å². The minimum absolute atomic E-state index is 0.0554. The van der Waals surface area contributed by atoms with Gasteiger partial charge in [-0.1, -0.05) is 0 Å². The zero-order chi connectivity index (χ0) is 13.3. The summed E-state index contributed by atoms with van der Waals surface area (Å²) in [4.78, 5) is 11.6. The number of nitrogens with zero attached hydrogens (tertiary/aromatic N) is 1. The van der Waals surface area contributed by atoms with Crippen molar-refractivity contribution in [2.45, 2.75) is 0 Å². The van der Waals surface area contributed by atoms with Crippen molar-refractivity contribution in [2.75, 3.05) is 11.1 Å². The lowest BCUT2D eigenvalue weighted by Crippen LogP contribution is -2.14. The van der Waals surface area contributed by atoms with Gasteiger partial charge in [0.1, 0.15) is 5.69 Å². The van der Waals surface area contributed by atoms with Crippen LogP contribution in [-0.2, 0) is 0 Å². The predicted molar refractivity (Wildman–Crippen MR) is 57.3 cm³/mol. The maximum Gasteiger partial charge on any atom is 0.275 e. The fourth-order valence-corrected chi connectivity index (χ4v) is 1.30. The third-order valence-electron chi connectivity index (χ3n) is 2.14. The first kappa shape index (κ1) is 12.0. The SMILES string of the molecule is Nc1cn[nH]c1C(=O)Nc1cc(F)c(F)c(F)c1. The number of nitrogens with one attached hydrogen (secondary N) is 2. The van der Waals surface area contributed by atoms with Gasteiger partial charge in [-0.2, -0.15) is 5.10 Å². The number of nitrogen functional groups attached to an aromatic ring is 1. The van der Waals surface area contributed by atoms with Gasteiger partial charge in [-0.25, -0.2) is 13.2 Å². The van der Waals surface area contributed by atoms with E-state index in [1.165, 1.54) is 6.20 Å². The van der Waals surface area contributed by atoms with E-state index in [2.05, 4.69) is 15.5 Å². The Hall–Kier alpha value is -2.51. The number of rotatable bonds is 2. The molecule has 4 N–H and O–H groups in total. The number of hydrogen-bond acceptors (Lipinski definition) is 3. The molecule has 0 bridgehead atoms. The molecule has 0 atom stereocenters. The van der Waals surface area contributed by atoms with Crippen molar-refractivity contribution in [3.05, 3.63) is 41.5 Å². The summed E-state index contributed by atoms with van der Waals surface area (Å²) in [5, 5.41) is 7.99. The molecule has 8 heteroatoms. The number of carbonyl (C=O) groups excluding carboxylic acids is 1. The maximum absolute atomic E-state index is 12.9. The van der Waals surface area contributed by atoms with Crippen molar-refractivity contribution in [3.8, 4) is 0 Å². The molecule has 0 fully saturated rings. The monoisotopic (exact) mass is 256 g/mol. The van der Waals surface area contributed by atoms with E-state index in [9.17, 15) is 18.0 Å². The molecule has 1 aromatic carbocycles. The summed E-state index contributed by atoms with van der Waals surface area (Å²) in [6.45, 7) is 0. The van der Waals surface area contributed by atoms with E-state index in [1.807, 2.05) is 0 Å². The van der Waals surface area contributed by atoms with E-state index in [0.29, 0.717) is 12.1 Å². The Kier molecular flexibility index (Phi) is 2.92. The van der Waals surface area contributed by atoms with Crippen LogP contribution in [-0.4, -0.2) is 16.1 Å². The number of nitrogens with two attached hydrogens (primary N) is 1. The number of aromatic amines is 1. The minimum Gasteiger partial charge on any atom is -0.396 e. The van der Waals surface area contributed by atoms with Gasteiger partial charge < -0.3 is 11.1 Å². The topological polar surface area (TPSA) is 83.8 Å². The quantitative estimate of drug-likeness (QED) is 0.714. The van der Waals surface area contributed by atoms with E-state index in [0.717, 1.165) is 0 Å². The van der Waals surface area contributed by atoms with Crippen LogP contribution in [0.3, 0.4) is 0 Å². The molecule has 18 heavy (non-hydrogen) atoms. The molecule has 0 aliphatic heterocycles. The van der Waals surface area contributed by atoms with Crippen molar-refractivity contribution in [1.82, 2.24) is 10.2 Å². The summed E-state index contributed by atoms with van der Waals surface area (Å²) in [7, 11) is 0. The fraction of sp³-hybridized carbons (Fsp3) is 0. The lowest BCUT2D eigenvalue weighted by molar-refractivity contribution is 0.102. The van der Waals surface area contributed by atoms with Crippen LogP contribution >= 0.6 is 0 Å². The summed E-state index contributed by atoms with van der Waals surface area (Å²) < 4.78 is 38.5. The first-order chi connectivity index (χ1) is 8.49. The number of anilines is 2. The summed E-state index contributed by atoms with van der Waals surface area (Å²) in [5.41, 5.74) is 5.21. The van der Waals surface area contributed by atoms with Gasteiger partial charge in [0.15, 0.2) is 17.5 Å². The molecular weight excluding hydrogens is 249 g/mol. The number of amides is 1. The Labute approximate surface area is 98.8 Å². The van der Waals surface area contributed by atoms with Crippen molar-refractivity contribution in [3.63, 3.8) is 0 Å². The molecule has 0 spiro atoms. The molecular formula is C10H7F3N4O. The first-order valence-corrected chi connectivity index (χ1v) is 4.73. The third-order valence-corrected chi connectivity index (χ3v) is 2.14. The molecule has 1 amide bonds. The zero-order valence-electron chi connectivity index (χ0n) is 8.80. The highest BCUT2D eigenvalue weighted by atomic mass is 19.2. The Balaban J connectivity index is 2.25. The van der Waals surface area contributed by atoms with Crippen LogP contribution in [0.5, 0.6) is 0 Å². The van der Waals surface area contributed by atoms with Gasteiger partial charge in [-0.15, -0.1) is 0 Å². The Morgan fingerprint density at radius 2 is 1.89 bits per heavy atom. The molecule has 0 radical (unpaired) electrons. The standard InChI is InChI=1S/C10H7F3N4O/c11-5-1-4(2-6(12)8(5)13)16-10(18)9-7(14)3-15-17-9/h1-3H,14H2,(H,15,17)(H,16,18). The number of H-pyrrole nitrogens is 1. The van der Waals surface area contributed by atoms with E-state index in [-0.39, 0.29) is 17.1 Å². The highest BCUT2D eigenvalue weighted by Crippen LogP contribution is 2.18. The maximum atomic E-state index is 12.9. The smallest absolute Gasteiger partial charge is 0.275 e. The van der Waals surface area contributed by atoms with Crippen LogP contribution in [0.4, 0.5) is 24.5 Å². The van der Waals surface area contributed by atoms with Gasteiger partial charge >= 0.3 is 0 Å². The fourth-order valence-electron chi connectivity index (χ4n) is 1.30. The van der Waals surface area contributed by atoms with Gasteiger partial charge in [-0.3, -0.25) is 9.89 Å². The lowest BCUT2D eigenvalue weighted by Gasteiger charge is -2.05. The number of carbonyl (C=O) groups is 1. The van der Waals surface area contributed by atoms with Crippen LogP contribution in [0.25, 0.3) is 0 Å². The van der Waals surface area contributed by atoms with E-state index < -0.39 is 23.4 Å². The molecule has 2 aromatic rings. The van der Waals surface area contributed by atoms with Crippen LogP contribution in [0, 0.1) is 17.5 Å². The summed E-state index contributed by atoms with van der Waals surface area (Å²) in [6.07, 6.45) is 1.21. The van der Waals surface area contributed by atoms with Crippen molar-refractivity contribution in [1.29, 1.82) is 0 Å². The van der Waals surface area contributed by atoms with Gasteiger partial charge in [-0.05, 0) is 0 Å². The van der Waals surface area contributed by atoms with Crippen LogP contribution < -0.4 is 11.1 Å². The van der Waals surface area contributed by atoms with Crippen molar-refractivity contribution >= 4 is 17.3 Å². The van der Waals surface area contributed by atoms with E-state index in [4.69, 9.17) is 5.73 Å². The second kappa shape index (κ2) is 4.40. The number of aromatic nitrogens is 2. The van der Waals surface area contributed by atoms with Crippen molar-refractivity contribution in [2.24, 2.45) is 0 Å². The highest BCUT2D eigenvalue weighted by Gasteiger charge is 2.15. The first-order valence-electron chi connectivity index (χ1n) is 4.73. The number of halogens is 3. The largest absolute Gasteiger partial charge is 0.396 e. The second-order valence-electron chi connectivity index (χ2n) is 3.41. The predicted octanol–water partition coefficient (Wildman–Crippen LogP) is 1.66. The molecule has 0 aliphatic carbocycles. The highest BCUT2D eigenvalue weighted by molar-refractivity contribution is 6.06. The molecule has 94 valence electrons. The zero-order valence-corrected chi connectivity index (χ0v) is 8.80. The molecule has 1 heterocycles. The minimum atomic E-state index is -1.60. The molecule has 0 saturated heterocycles. The Morgan fingerprint density at radius 1 is 1.28 bits per heavy atom. The number of benzene rings is 1. The van der Waals surface area contributed by atoms with Gasteiger partial charge in [0.2, 0.25) is 0 Å². The summed E-state index contributed by atoms with van der Waals surface area (Å²) in [5.74, 6) is -5.14. The van der Waals surface area contributed by atoms with Crippen LogP contribution in [0.1, 0.15) is 10.5 Å². The molecule has 0 aliphatic rings. The van der Waals surface area contributed by atoms with Gasteiger partial charge in [0.05, 0.1) is 11.9 Å². The average Bonchev–Trinajstić information content (AvgIpc) is 2.72. The molecule has 5 nitrogen and oxygen atoms in total. The molecule has 1 aromatic heterocycles. The average molecular weight is 256 g/mol. The van der Waals surface area contributed by atoms with Crippen LogP contribution in [0.2, 0.25) is 0 Å². The molecule has 2 rings (SSSR count). The molecule has 0 unspecified atom stereocenters. The molecule has 0 saturated carbocycles. The summed E-state index contributed by atoms with van der Waals surface area (Å²) in [6, 6.07) is 1.31. The second-order valence-corrected chi connectivity index (χ2v) is 3.41. The van der Waals surface area contributed by atoms with Crippen LogP contribution in [0.15, 0.2) is 18.3 Å². The summed E-state index contributed by atoms with van der Waals surface area (Å²) >= 11 is 0. The Bertz CT molecular complexity index is 588.